The van der Waals surface area contributed by atoms with Crippen LogP contribution in [0, 0.1) is 19.7 Å². The number of hydrazine groups is 1. The summed E-state index contributed by atoms with van der Waals surface area (Å²) in [6.45, 7) is 3.67. The van der Waals surface area contributed by atoms with Crippen LogP contribution in [0.25, 0.3) is 0 Å². The van der Waals surface area contributed by atoms with Crippen molar-refractivity contribution in [1.82, 2.24) is 9.97 Å². The van der Waals surface area contributed by atoms with Crippen molar-refractivity contribution in [3.05, 3.63) is 41.0 Å². The summed E-state index contributed by atoms with van der Waals surface area (Å²) in [5.41, 5.74) is 4.10. The summed E-state index contributed by atoms with van der Waals surface area (Å²) in [5, 5.41) is 0. The fourth-order valence-corrected chi connectivity index (χ4v) is 2.06. The molecule has 1 aliphatic carbocycles. The molecule has 110 valence electrons. The number of halogens is 1. The standard InChI is InChI=1S/C15H17FN4O/c1-8-3-6-11(16)7-12(8)21-15-9(2)13(20-17)18-14(19-15)10-4-5-10/h3,6-7,10H,4-5,17H2,1-2H3,(H,18,19,20). The van der Waals surface area contributed by atoms with Crippen LogP contribution in [0.5, 0.6) is 11.6 Å². The minimum absolute atomic E-state index is 0.345. The van der Waals surface area contributed by atoms with Gasteiger partial charge in [-0.15, -0.1) is 0 Å². The molecule has 3 N–H and O–H groups in total. The zero-order valence-electron chi connectivity index (χ0n) is 12.0. The lowest BCUT2D eigenvalue weighted by atomic mass is 10.2. The van der Waals surface area contributed by atoms with Crippen LogP contribution < -0.4 is 16.0 Å². The predicted octanol–water partition coefficient (Wildman–Crippen LogP) is 3.19. The van der Waals surface area contributed by atoms with Crippen LogP contribution in [-0.2, 0) is 0 Å². The first kappa shape index (κ1) is 13.8. The lowest BCUT2D eigenvalue weighted by molar-refractivity contribution is 0.447. The number of hydrogen-bond acceptors (Lipinski definition) is 5. The number of nitrogens with one attached hydrogen (secondary N) is 1. The summed E-state index contributed by atoms with van der Waals surface area (Å²) < 4.78 is 19.2. The third-order valence-corrected chi connectivity index (χ3v) is 3.55. The molecule has 1 aromatic heterocycles. The zero-order chi connectivity index (χ0) is 15.0. The van der Waals surface area contributed by atoms with Gasteiger partial charge in [0.05, 0.1) is 5.56 Å². The van der Waals surface area contributed by atoms with Crippen LogP contribution in [0.1, 0.15) is 35.7 Å². The molecule has 1 heterocycles. The maximum atomic E-state index is 13.4. The maximum absolute atomic E-state index is 13.4. The molecule has 0 unspecified atom stereocenters. The highest BCUT2D eigenvalue weighted by Crippen LogP contribution is 2.40. The van der Waals surface area contributed by atoms with E-state index in [1.807, 2.05) is 13.8 Å². The van der Waals surface area contributed by atoms with Gasteiger partial charge in [0.2, 0.25) is 5.88 Å². The van der Waals surface area contributed by atoms with Crippen molar-refractivity contribution in [2.75, 3.05) is 5.43 Å². The largest absolute Gasteiger partial charge is 0.438 e. The molecule has 3 rings (SSSR count). The van der Waals surface area contributed by atoms with Crippen molar-refractivity contribution in [1.29, 1.82) is 0 Å². The van der Waals surface area contributed by atoms with E-state index in [-0.39, 0.29) is 5.82 Å². The van der Waals surface area contributed by atoms with Crippen molar-refractivity contribution in [2.24, 2.45) is 5.84 Å². The minimum Gasteiger partial charge on any atom is -0.438 e. The number of nitrogen functional groups attached to an aromatic ring is 1. The Kier molecular flexibility index (Phi) is 3.47. The average molecular weight is 288 g/mol. The van der Waals surface area contributed by atoms with Crippen LogP contribution in [0.2, 0.25) is 0 Å². The fourth-order valence-electron chi connectivity index (χ4n) is 2.06. The van der Waals surface area contributed by atoms with E-state index in [4.69, 9.17) is 10.6 Å². The molecule has 0 radical (unpaired) electrons. The van der Waals surface area contributed by atoms with Crippen LogP contribution in [0.4, 0.5) is 10.2 Å². The monoisotopic (exact) mass is 288 g/mol. The van der Waals surface area contributed by atoms with E-state index in [0.717, 1.165) is 24.2 Å². The van der Waals surface area contributed by atoms with Gasteiger partial charge < -0.3 is 10.2 Å². The van der Waals surface area contributed by atoms with Gasteiger partial charge in [-0.3, -0.25) is 0 Å². The Balaban J connectivity index is 2.00. The SMILES string of the molecule is Cc1ccc(F)cc1Oc1nc(C2CC2)nc(NN)c1C. The molecule has 2 aromatic rings. The number of hydrogen-bond donors (Lipinski definition) is 2. The van der Waals surface area contributed by atoms with Gasteiger partial charge in [-0.1, -0.05) is 6.07 Å². The number of nitrogens with zero attached hydrogens (tertiary/aromatic N) is 2. The second-order valence-corrected chi connectivity index (χ2v) is 5.29. The van der Waals surface area contributed by atoms with Crippen molar-refractivity contribution in [2.45, 2.75) is 32.6 Å². The molecule has 0 spiro atoms. The summed E-state index contributed by atoms with van der Waals surface area (Å²) in [4.78, 5) is 8.85. The first-order valence-electron chi connectivity index (χ1n) is 6.87. The summed E-state index contributed by atoms with van der Waals surface area (Å²) in [5.74, 6) is 7.64. The highest BCUT2D eigenvalue weighted by atomic mass is 19.1. The van der Waals surface area contributed by atoms with Gasteiger partial charge in [0.1, 0.15) is 17.4 Å². The van der Waals surface area contributed by atoms with Gasteiger partial charge in [-0.05, 0) is 38.3 Å². The summed E-state index contributed by atoms with van der Waals surface area (Å²) >= 11 is 0. The normalized spacial score (nSPS) is 14.1. The number of benzene rings is 1. The smallest absolute Gasteiger partial charge is 0.227 e. The van der Waals surface area contributed by atoms with Gasteiger partial charge >= 0.3 is 0 Å². The molecule has 1 saturated carbocycles. The predicted molar refractivity (Wildman–Crippen MR) is 77.8 cm³/mol. The van der Waals surface area contributed by atoms with Crippen molar-refractivity contribution in [3.63, 3.8) is 0 Å². The van der Waals surface area contributed by atoms with E-state index < -0.39 is 0 Å². The number of nitrogens with two attached hydrogens (primary N) is 1. The summed E-state index contributed by atoms with van der Waals surface area (Å²) in [6, 6.07) is 4.42. The van der Waals surface area contributed by atoms with Gasteiger partial charge in [-0.2, -0.15) is 4.98 Å². The molecular formula is C15H17FN4O. The van der Waals surface area contributed by atoms with Gasteiger partial charge in [-0.25, -0.2) is 15.2 Å². The van der Waals surface area contributed by atoms with Crippen LogP contribution in [0.15, 0.2) is 18.2 Å². The molecule has 0 aliphatic heterocycles. The number of anilines is 1. The molecular weight excluding hydrogens is 271 g/mol. The van der Waals surface area contributed by atoms with E-state index in [9.17, 15) is 4.39 Å². The number of aromatic nitrogens is 2. The molecule has 6 heteroatoms. The molecule has 0 amide bonds. The molecule has 5 nitrogen and oxygen atoms in total. The average Bonchev–Trinajstić information content (AvgIpc) is 3.29. The quantitative estimate of drug-likeness (QED) is 0.667. The molecule has 1 aliphatic rings. The van der Waals surface area contributed by atoms with Crippen molar-refractivity contribution in [3.8, 4) is 11.6 Å². The second kappa shape index (κ2) is 5.29. The second-order valence-electron chi connectivity index (χ2n) is 5.29. The van der Waals surface area contributed by atoms with E-state index >= 15 is 0 Å². The van der Waals surface area contributed by atoms with Gasteiger partial charge in [0, 0.05) is 12.0 Å². The zero-order valence-corrected chi connectivity index (χ0v) is 12.0. The highest BCUT2D eigenvalue weighted by molar-refractivity contribution is 5.50. The Morgan fingerprint density at radius 2 is 2.05 bits per heavy atom. The van der Waals surface area contributed by atoms with E-state index in [0.29, 0.717) is 28.9 Å². The first-order chi connectivity index (χ1) is 10.1. The molecule has 1 aromatic carbocycles. The first-order valence-corrected chi connectivity index (χ1v) is 6.87. The minimum atomic E-state index is -0.345. The topological polar surface area (TPSA) is 73.1 Å². The third kappa shape index (κ3) is 2.80. The number of rotatable bonds is 4. The Morgan fingerprint density at radius 3 is 2.71 bits per heavy atom. The lowest BCUT2D eigenvalue weighted by Crippen LogP contribution is -2.13. The number of aryl methyl sites for hydroxylation is 1. The van der Waals surface area contributed by atoms with Crippen LogP contribution in [-0.4, -0.2) is 9.97 Å². The van der Waals surface area contributed by atoms with Crippen molar-refractivity contribution >= 4 is 5.82 Å². The molecule has 0 atom stereocenters. The summed E-state index contributed by atoms with van der Waals surface area (Å²) in [7, 11) is 0. The molecule has 21 heavy (non-hydrogen) atoms. The highest BCUT2D eigenvalue weighted by Gasteiger charge is 2.28. The Labute approximate surface area is 122 Å². The van der Waals surface area contributed by atoms with E-state index in [1.54, 1.807) is 6.07 Å². The van der Waals surface area contributed by atoms with Crippen molar-refractivity contribution < 1.29 is 9.13 Å². The van der Waals surface area contributed by atoms with Crippen LogP contribution >= 0.6 is 0 Å². The maximum Gasteiger partial charge on any atom is 0.227 e. The third-order valence-electron chi connectivity index (χ3n) is 3.55. The fraction of sp³-hybridized carbons (Fsp3) is 0.333. The Morgan fingerprint density at radius 1 is 1.29 bits per heavy atom. The number of ether oxygens (including phenoxy) is 1. The molecule has 0 bridgehead atoms. The lowest BCUT2D eigenvalue weighted by Gasteiger charge is -2.13. The van der Waals surface area contributed by atoms with Gasteiger partial charge in [0.15, 0.2) is 5.82 Å². The Bertz CT molecular complexity index is 686. The van der Waals surface area contributed by atoms with Crippen LogP contribution in [0.3, 0.4) is 0 Å². The Hall–Kier alpha value is -2.21. The van der Waals surface area contributed by atoms with Gasteiger partial charge in [0.25, 0.3) is 0 Å². The molecule has 1 fully saturated rings. The van der Waals surface area contributed by atoms with E-state index in [2.05, 4.69) is 15.4 Å². The van der Waals surface area contributed by atoms with E-state index in [1.165, 1.54) is 12.1 Å². The summed E-state index contributed by atoms with van der Waals surface area (Å²) in [6.07, 6.45) is 2.15. The molecule has 0 saturated heterocycles.